The molecule has 0 heterocycles. The second kappa shape index (κ2) is 8.26. The van der Waals surface area contributed by atoms with Crippen LogP contribution in [0.25, 0.3) is 0 Å². The minimum atomic E-state index is -1.27. The highest BCUT2D eigenvalue weighted by atomic mass is 16.4. The predicted octanol–water partition coefficient (Wildman–Crippen LogP) is -0.807. The summed E-state index contributed by atoms with van der Waals surface area (Å²) in [5.41, 5.74) is 2.84. The SMILES string of the molecule is C=CCNC(=O)CC(=O)NN=Cc1ccc(C(=O)[O-])cc1. The second-order valence-electron chi connectivity index (χ2n) is 3.97. The lowest BCUT2D eigenvalue weighted by Crippen LogP contribution is -2.29. The molecule has 0 radical (unpaired) electrons. The van der Waals surface area contributed by atoms with E-state index in [-0.39, 0.29) is 12.0 Å². The van der Waals surface area contributed by atoms with Crippen LogP contribution in [0.4, 0.5) is 0 Å². The first-order valence-corrected chi connectivity index (χ1v) is 6.04. The first-order chi connectivity index (χ1) is 10.0. The van der Waals surface area contributed by atoms with Crippen molar-refractivity contribution in [2.45, 2.75) is 6.42 Å². The van der Waals surface area contributed by atoms with Crippen LogP contribution in [0.2, 0.25) is 0 Å². The fourth-order valence-electron chi connectivity index (χ4n) is 1.32. The number of carbonyl (C=O) groups excluding carboxylic acids is 3. The molecule has 21 heavy (non-hydrogen) atoms. The van der Waals surface area contributed by atoms with Crippen LogP contribution in [0.5, 0.6) is 0 Å². The zero-order chi connectivity index (χ0) is 15.7. The molecule has 0 saturated heterocycles. The van der Waals surface area contributed by atoms with Crippen molar-refractivity contribution in [3.63, 3.8) is 0 Å². The van der Waals surface area contributed by atoms with Gasteiger partial charge in [0.2, 0.25) is 11.8 Å². The zero-order valence-electron chi connectivity index (χ0n) is 11.2. The van der Waals surface area contributed by atoms with Crippen LogP contribution in [0.15, 0.2) is 42.0 Å². The van der Waals surface area contributed by atoms with E-state index in [0.717, 1.165) is 0 Å². The standard InChI is InChI=1S/C14H15N3O4/c1-2-7-15-12(18)8-13(19)17-16-9-10-3-5-11(6-4-10)14(20)21/h2-6,9H,1,7-8H2,(H,15,18)(H,17,19)(H,20,21)/p-1. The van der Waals surface area contributed by atoms with Gasteiger partial charge in [-0.2, -0.15) is 5.10 Å². The number of carbonyl (C=O) groups is 3. The first kappa shape index (κ1) is 16.1. The number of amides is 2. The van der Waals surface area contributed by atoms with Crippen LogP contribution in [0.1, 0.15) is 22.3 Å². The molecule has 1 aromatic carbocycles. The van der Waals surface area contributed by atoms with Gasteiger partial charge in [0.05, 0.1) is 12.2 Å². The van der Waals surface area contributed by atoms with Gasteiger partial charge in [-0.15, -0.1) is 6.58 Å². The number of rotatable bonds is 7. The maximum Gasteiger partial charge on any atom is 0.249 e. The summed E-state index contributed by atoms with van der Waals surface area (Å²) in [4.78, 5) is 33.1. The molecule has 7 heteroatoms. The Bertz CT molecular complexity index is 564. The van der Waals surface area contributed by atoms with E-state index in [1.807, 2.05) is 0 Å². The Hall–Kier alpha value is -2.96. The summed E-state index contributed by atoms with van der Waals surface area (Å²) in [6.45, 7) is 3.72. The minimum absolute atomic E-state index is 0.0510. The molecule has 0 saturated carbocycles. The molecule has 1 rings (SSSR count). The fourth-order valence-corrected chi connectivity index (χ4v) is 1.32. The van der Waals surface area contributed by atoms with Crippen molar-refractivity contribution in [2.24, 2.45) is 5.10 Å². The Morgan fingerprint density at radius 3 is 2.43 bits per heavy atom. The van der Waals surface area contributed by atoms with Crippen molar-refractivity contribution in [3.05, 3.63) is 48.0 Å². The lowest BCUT2D eigenvalue weighted by Gasteiger charge is -2.02. The van der Waals surface area contributed by atoms with Gasteiger partial charge in [0.25, 0.3) is 0 Å². The number of carboxylic acids is 1. The Morgan fingerprint density at radius 2 is 1.86 bits per heavy atom. The molecule has 1 aromatic rings. The molecule has 0 bridgehead atoms. The molecule has 0 aliphatic carbocycles. The summed E-state index contributed by atoms with van der Waals surface area (Å²) in [6.07, 6.45) is 2.50. The van der Waals surface area contributed by atoms with Crippen molar-refractivity contribution in [1.82, 2.24) is 10.7 Å². The van der Waals surface area contributed by atoms with E-state index in [0.29, 0.717) is 12.1 Å². The summed E-state index contributed by atoms with van der Waals surface area (Å²) in [7, 11) is 0. The molecule has 0 aliphatic rings. The van der Waals surface area contributed by atoms with Crippen molar-refractivity contribution in [3.8, 4) is 0 Å². The van der Waals surface area contributed by atoms with E-state index in [1.54, 1.807) is 0 Å². The average Bonchev–Trinajstić information content (AvgIpc) is 2.45. The number of hydrazone groups is 1. The zero-order valence-corrected chi connectivity index (χ0v) is 11.2. The highest BCUT2D eigenvalue weighted by Gasteiger charge is 2.06. The van der Waals surface area contributed by atoms with Crippen molar-refractivity contribution >= 4 is 24.0 Å². The van der Waals surface area contributed by atoms with Gasteiger partial charge in [-0.25, -0.2) is 5.43 Å². The summed E-state index contributed by atoms with van der Waals surface area (Å²) in [5.74, 6) is -2.25. The lowest BCUT2D eigenvalue weighted by atomic mass is 10.1. The third-order valence-electron chi connectivity index (χ3n) is 2.31. The Labute approximate surface area is 121 Å². The molecular formula is C14H14N3O4-. The molecule has 0 aliphatic heterocycles. The van der Waals surface area contributed by atoms with E-state index in [2.05, 4.69) is 22.4 Å². The number of hydrogen-bond donors (Lipinski definition) is 2. The number of nitrogens with zero attached hydrogens (tertiary/aromatic N) is 1. The first-order valence-electron chi connectivity index (χ1n) is 6.04. The predicted molar refractivity (Wildman–Crippen MR) is 74.3 cm³/mol. The lowest BCUT2D eigenvalue weighted by molar-refractivity contribution is -0.255. The van der Waals surface area contributed by atoms with E-state index in [4.69, 9.17) is 0 Å². The molecule has 0 fully saturated rings. The van der Waals surface area contributed by atoms with E-state index in [1.165, 1.54) is 36.6 Å². The summed E-state index contributed by atoms with van der Waals surface area (Å²) >= 11 is 0. The van der Waals surface area contributed by atoms with Gasteiger partial charge < -0.3 is 15.2 Å². The maximum absolute atomic E-state index is 11.4. The molecular weight excluding hydrogens is 274 g/mol. The fraction of sp³-hybridized carbons (Fsp3) is 0.143. The average molecular weight is 288 g/mol. The Balaban J connectivity index is 2.43. The quantitative estimate of drug-likeness (QED) is 0.296. The topological polar surface area (TPSA) is 111 Å². The third kappa shape index (κ3) is 6.15. The Kier molecular flexibility index (Phi) is 6.33. The van der Waals surface area contributed by atoms with Crippen LogP contribution >= 0.6 is 0 Å². The smallest absolute Gasteiger partial charge is 0.249 e. The van der Waals surface area contributed by atoms with Gasteiger partial charge >= 0.3 is 0 Å². The highest BCUT2D eigenvalue weighted by molar-refractivity contribution is 5.97. The van der Waals surface area contributed by atoms with Gasteiger partial charge in [0.15, 0.2) is 0 Å². The number of carboxylic acid groups (broad SMARTS) is 1. The summed E-state index contributed by atoms with van der Waals surface area (Å²) in [6, 6.07) is 5.75. The van der Waals surface area contributed by atoms with E-state index in [9.17, 15) is 19.5 Å². The van der Waals surface area contributed by atoms with Gasteiger partial charge in [0, 0.05) is 6.54 Å². The molecule has 0 unspecified atom stereocenters. The molecule has 2 N–H and O–H groups in total. The van der Waals surface area contributed by atoms with Crippen LogP contribution in [0, 0.1) is 0 Å². The molecule has 0 spiro atoms. The van der Waals surface area contributed by atoms with Crippen LogP contribution < -0.4 is 15.8 Å². The van der Waals surface area contributed by atoms with Crippen molar-refractivity contribution < 1.29 is 19.5 Å². The van der Waals surface area contributed by atoms with E-state index >= 15 is 0 Å². The molecule has 7 nitrogen and oxygen atoms in total. The largest absolute Gasteiger partial charge is 0.545 e. The monoisotopic (exact) mass is 288 g/mol. The van der Waals surface area contributed by atoms with Crippen molar-refractivity contribution in [1.29, 1.82) is 0 Å². The molecule has 2 amide bonds. The van der Waals surface area contributed by atoms with E-state index < -0.39 is 17.8 Å². The molecule has 110 valence electrons. The molecule has 0 atom stereocenters. The second-order valence-corrected chi connectivity index (χ2v) is 3.97. The number of benzene rings is 1. The van der Waals surface area contributed by atoms with Gasteiger partial charge in [-0.3, -0.25) is 9.59 Å². The third-order valence-corrected chi connectivity index (χ3v) is 2.31. The number of aromatic carboxylic acids is 1. The highest BCUT2D eigenvalue weighted by Crippen LogP contribution is 2.01. The normalized spacial score (nSPS) is 10.1. The van der Waals surface area contributed by atoms with Crippen LogP contribution in [0.3, 0.4) is 0 Å². The summed E-state index contributed by atoms with van der Waals surface area (Å²) in [5, 5.41) is 16.7. The summed E-state index contributed by atoms with van der Waals surface area (Å²) < 4.78 is 0. The van der Waals surface area contributed by atoms with Gasteiger partial charge in [-0.1, -0.05) is 30.3 Å². The number of nitrogens with one attached hydrogen (secondary N) is 2. The van der Waals surface area contributed by atoms with Gasteiger partial charge in [-0.05, 0) is 11.1 Å². The minimum Gasteiger partial charge on any atom is -0.545 e. The molecule has 0 aromatic heterocycles. The van der Waals surface area contributed by atoms with Crippen LogP contribution in [-0.4, -0.2) is 30.5 Å². The van der Waals surface area contributed by atoms with Gasteiger partial charge in [0.1, 0.15) is 6.42 Å². The Morgan fingerprint density at radius 1 is 1.19 bits per heavy atom. The van der Waals surface area contributed by atoms with Crippen LogP contribution in [-0.2, 0) is 9.59 Å². The maximum atomic E-state index is 11.4. The van der Waals surface area contributed by atoms with Crippen molar-refractivity contribution in [2.75, 3.05) is 6.54 Å². The number of hydrogen-bond acceptors (Lipinski definition) is 5.